The normalized spacial score (nSPS) is 10.3. The number of esters is 1. The molecule has 0 saturated heterocycles. The minimum Gasteiger partial charge on any atom is -0.423 e. The Morgan fingerprint density at radius 1 is 1.32 bits per heavy atom. The fourth-order valence-corrected chi connectivity index (χ4v) is 1.64. The van der Waals surface area contributed by atoms with Gasteiger partial charge in [0.15, 0.2) is 5.78 Å². The standard InChI is InChI=1S/C14H14N2O3/c1-9-13(8-15-16(9)3)14(18)19-12-6-4-5-11(7-12)10(2)17/h4-8H,1-3H3. The minimum atomic E-state index is -0.480. The zero-order valence-electron chi connectivity index (χ0n) is 11.0. The van der Waals surface area contributed by atoms with Gasteiger partial charge in [0.05, 0.1) is 6.20 Å². The lowest BCUT2D eigenvalue weighted by Crippen LogP contribution is -2.10. The van der Waals surface area contributed by atoms with Crippen LogP contribution in [0.1, 0.15) is 33.3 Å². The summed E-state index contributed by atoms with van der Waals surface area (Å²) < 4.78 is 6.84. The summed E-state index contributed by atoms with van der Waals surface area (Å²) in [5, 5.41) is 3.99. The molecule has 0 bridgehead atoms. The molecule has 0 N–H and O–H groups in total. The number of carbonyl (C=O) groups is 2. The predicted molar refractivity (Wildman–Crippen MR) is 69.4 cm³/mol. The Hall–Kier alpha value is -2.43. The van der Waals surface area contributed by atoms with Crippen molar-refractivity contribution in [1.29, 1.82) is 0 Å². The van der Waals surface area contributed by atoms with Crippen molar-refractivity contribution in [2.24, 2.45) is 7.05 Å². The summed E-state index contributed by atoms with van der Waals surface area (Å²) in [6.45, 7) is 3.25. The van der Waals surface area contributed by atoms with E-state index in [1.807, 2.05) is 0 Å². The highest BCUT2D eigenvalue weighted by Gasteiger charge is 2.15. The van der Waals surface area contributed by atoms with E-state index in [9.17, 15) is 9.59 Å². The van der Waals surface area contributed by atoms with Crippen LogP contribution in [0.5, 0.6) is 5.75 Å². The fraction of sp³-hybridized carbons (Fsp3) is 0.214. The minimum absolute atomic E-state index is 0.0737. The van der Waals surface area contributed by atoms with E-state index in [2.05, 4.69) is 5.10 Å². The van der Waals surface area contributed by atoms with Crippen molar-refractivity contribution in [3.05, 3.63) is 47.3 Å². The Kier molecular flexibility index (Phi) is 3.46. The molecule has 0 spiro atoms. The van der Waals surface area contributed by atoms with Crippen molar-refractivity contribution in [2.45, 2.75) is 13.8 Å². The van der Waals surface area contributed by atoms with Gasteiger partial charge in [-0.05, 0) is 26.0 Å². The van der Waals surface area contributed by atoms with Crippen LogP contribution in [0.3, 0.4) is 0 Å². The summed E-state index contributed by atoms with van der Waals surface area (Å²) in [5.74, 6) is -0.206. The molecule has 0 radical (unpaired) electrons. The second-order valence-corrected chi connectivity index (χ2v) is 4.24. The largest absolute Gasteiger partial charge is 0.423 e. The maximum absolute atomic E-state index is 12.0. The first kappa shape index (κ1) is 13.0. The Balaban J connectivity index is 2.22. The van der Waals surface area contributed by atoms with Gasteiger partial charge in [0.2, 0.25) is 0 Å². The molecule has 5 heteroatoms. The molecule has 0 unspecified atom stereocenters. The van der Waals surface area contributed by atoms with Crippen LogP contribution in [0.15, 0.2) is 30.5 Å². The van der Waals surface area contributed by atoms with Gasteiger partial charge in [0.1, 0.15) is 11.3 Å². The third-order valence-corrected chi connectivity index (χ3v) is 2.91. The van der Waals surface area contributed by atoms with Crippen molar-refractivity contribution < 1.29 is 14.3 Å². The van der Waals surface area contributed by atoms with E-state index in [1.165, 1.54) is 13.1 Å². The SMILES string of the molecule is CC(=O)c1cccc(OC(=O)c2cnn(C)c2C)c1. The van der Waals surface area contributed by atoms with Crippen molar-refractivity contribution >= 4 is 11.8 Å². The fourth-order valence-electron chi connectivity index (χ4n) is 1.64. The lowest BCUT2D eigenvalue weighted by Gasteiger charge is -2.05. The first-order valence-corrected chi connectivity index (χ1v) is 5.81. The first-order chi connectivity index (χ1) is 8.99. The predicted octanol–water partition coefficient (Wildman–Crippen LogP) is 2.15. The number of aromatic nitrogens is 2. The third-order valence-electron chi connectivity index (χ3n) is 2.91. The molecule has 0 aliphatic carbocycles. The molecule has 5 nitrogen and oxygen atoms in total. The van der Waals surface area contributed by atoms with Gasteiger partial charge in [-0.3, -0.25) is 9.48 Å². The number of aryl methyl sites for hydroxylation is 1. The van der Waals surface area contributed by atoms with E-state index in [4.69, 9.17) is 4.74 Å². The van der Waals surface area contributed by atoms with E-state index in [0.717, 1.165) is 5.69 Å². The molecule has 2 rings (SSSR count). The highest BCUT2D eigenvalue weighted by molar-refractivity contribution is 5.95. The first-order valence-electron chi connectivity index (χ1n) is 5.81. The van der Waals surface area contributed by atoms with E-state index in [0.29, 0.717) is 16.9 Å². The number of hydrogen-bond acceptors (Lipinski definition) is 4. The molecule has 0 atom stereocenters. The van der Waals surface area contributed by atoms with Gasteiger partial charge in [-0.1, -0.05) is 12.1 Å². The molecular weight excluding hydrogens is 244 g/mol. The van der Waals surface area contributed by atoms with Gasteiger partial charge >= 0.3 is 5.97 Å². The van der Waals surface area contributed by atoms with Crippen LogP contribution in [-0.4, -0.2) is 21.5 Å². The van der Waals surface area contributed by atoms with E-state index >= 15 is 0 Å². The van der Waals surface area contributed by atoms with Crippen molar-refractivity contribution in [3.8, 4) is 5.75 Å². The van der Waals surface area contributed by atoms with E-state index in [-0.39, 0.29) is 5.78 Å². The molecule has 0 aliphatic rings. The Bertz CT molecular complexity index is 644. The number of ether oxygens (including phenoxy) is 1. The molecule has 0 aliphatic heterocycles. The molecule has 1 aromatic carbocycles. The Morgan fingerprint density at radius 3 is 2.63 bits per heavy atom. The number of Topliss-reactive ketones (excluding diaryl/α,β-unsaturated/α-hetero) is 1. The number of ketones is 1. The summed E-state index contributed by atoms with van der Waals surface area (Å²) in [6, 6.07) is 6.53. The molecule has 1 heterocycles. The summed E-state index contributed by atoms with van der Waals surface area (Å²) in [4.78, 5) is 23.2. The maximum atomic E-state index is 12.0. The number of rotatable bonds is 3. The van der Waals surface area contributed by atoms with Crippen LogP contribution < -0.4 is 4.74 Å². The molecule has 1 aromatic heterocycles. The molecule has 0 amide bonds. The zero-order valence-corrected chi connectivity index (χ0v) is 11.0. The smallest absolute Gasteiger partial charge is 0.347 e. The number of benzene rings is 1. The van der Waals surface area contributed by atoms with Gasteiger partial charge in [0.25, 0.3) is 0 Å². The topological polar surface area (TPSA) is 61.2 Å². The number of carbonyl (C=O) groups excluding carboxylic acids is 2. The second-order valence-electron chi connectivity index (χ2n) is 4.24. The highest BCUT2D eigenvalue weighted by atomic mass is 16.5. The third kappa shape index (κ3) is 2.70. The van der Waals surface area contributed by atoms with E-state index in [1.54, 1.807) is 42.9 Å². The lowest BCUT2D eigenvalue weighted by atomic mass is 10.1. The number of hydrogen-bond donors (Lipinski definition) is 0. The van der Waals surface area contributed by atoms with Crippen LogP contribution in [0.4, 0.5) is 0 Å². The Morgan fingerprint density at radius 2 is 2.05 bits per heavy atom. The number of nitrogens with zero attached hydrogens (tertiary/aromatic N) is 2. The van der Waals surface area contributed by atoms with Crippen molar-refractivity contribution in [3.63, 3.8) is 0 Å². The second kappa shape index (κ2) is 5.06. The van der Waals surface area contributed by atoms with Crippen LogP contribution in [0.2, 0.25) is 0 Å². The van der Waals surface area contributed by atoms with Gasteiger partial charge < -0.3 is 4.74 Å². The van der Waals surface area contributed by atoms with Crippen LogP contribution >= 0.6 is 0 Å². The molecule has 19 heavy (non-hydrogen) atoms. The average Bonchev–Trinajstić information content (AvgIpc) is 2.70. The summed E-state index contributed by atoms with van der Waals surface area (Å²) >= 11 is 0. The molecule has 2 aromatic rings. The Labute approximate surface area is 110 Å². The van der Waals surface area contributed by atoms with Gasteiger partial charge in [0, 0.05) is 18.3 Å². The van der Waals surface area contributed by atoms with Crippen molar-refractivity contribution in [2.75, 3.05) is 0 Å². The molecule has 0 saturated carbocycles. The molecule has 98 valence electrons. The van der Waals surface area contributed by atoms with Gasteiger partial charge in [-0.25, -0.2) is 4.79 Å². The van der Waals surface area contributed by atoms with E-state index < -0.39 is 5.97 Å². The van der Waals surface area contributed by atoms with Crippen molar-refractivity contribution in [1.82, 2.24) is 9.78 Å². The summed E-state index contributed by atoms with van der Waals surface area (Å²) in [5.41, 5.74) is 1.65. The molecular formula is C14H14N2O3. The molecule has 0 fully saturated rings. The average molecular weight is 258 g/mol. The summed E-state index contributed by atoms with van der Waals surface area (Å²) in [6.07, 6.45) is 1.46. The quantitative estimate of drug-likeness (QED) is 0.481. The van der Waals surface area contributed by atoms with Crippen LogP contribution in [-0.2, 0) is 7.05 Å². The van der Waals surface area contributed by atoms with Gasteiger partial charge in [-0.15, -0.1) is 0 Å². The zero-order chi connectivity index (χ0) is 14.0. The summed E-state index contributed by atoms with van der Waals surface area (Å²) in [7, 11) is 1.75. The van der Waals surface area contributed by atoms with Crippen LogP contribution in [0, 0.1) is 6.92 Å². The monoisotopic (exact) mass is 258 g/mol. The highest BCUT2D eigenvalue weighted by Crippen LogP contribution is 2.16. The lowest BCUT2D eigenvalue weighted by molar-refractivity contribution is 0.0733. The maximum Gasteiger partial charge on any atom is 0.347 e. The van der Waals surface area contributed by atoms with Crippen LogP contribution in [0.25, 0.3) is 0 Å². The van der Waals surface area contributed by atoms with Gasteiger partial charge in [-0.2, -0.15) is 5.10 Å².